The Morgan fingerprint density at radius 3 is 2.42 bits per heavy atom. The van der Waals surface area contributed by atoms with Crippen LogP contribution in [0.15, 0.2) is 23.1 Å². The van der Waals surface area contributed by atoms with Crippen molar-refractivity contribution in [3.05, 3.63) is 29.3 Å². The van der Waals surface area contributed by atoms with Gasteiger partial charge in [-0.25, -0.2) is 12.7 Å². The number of amides is 2. The maximum absolute atomic E-state index is 13.0. The lowest BCUT2D eigenvalue weighted by Crippen LogP contribution is -2.50. The number of nitrogens with one attached hydrogen (secondary N) is 1. The summed E-state index contributed by atoms with van der Waals surface area (Å²) in [6.45, 7) is 3.72. The average Bonchev–Trinajstić information content (AvgIpc) is 3.00. The van der Waals surface area contributed by atoms with Crippen molar-refractivity contribution >= 4 is 21.8 Å². The molecule has 2 amide bonds. The van der Waals surface area contributed by atoms with Crippen LogP contribution in [0.25, 0.3) is 0 Å². The number of aryl methyl sites for hydroxylation is 2. The van der Waals surface area contributed by atoms with Crippen molar-refractivity contribution in [2.24, 2.45) is 0 Å². The van der Waals surface area contributed by atoms with Crippen molar-refractivity contribution < 1.29 is 18.0 Å². The number of nitrogens with zero attached hydrogens (tertiary/aromatic N) is 1. The number of hydrogen-bond donors (Lipinski definition) is 1. The number of carbonyl (C=O) groups excluding carboxylic acids is 2. The van der Waals surface area contributed by atoms with Crippen LogP contribution in [0, 0.1) is 13.8 Å². The van der Waals surface area contributed by atoms with E-state index >= 15 is 0 Å². The molecule has 1 saturated carbocycles. The van der Waals surface area contributed by atoms with Gasteiger partial charge >= 0.3 is 0 Å². The molecule has 1 aliphatic carbocycles. The van der Waals surface area contributed by atoms with Gasteiger partial charge in [0.2, 0.25) is 11.8 Å². The summed E-state index contributed by atoms with van der Waals surface area (Å²) in [6.07, 6.45) is 5.45. The van der Waals surface area contributed by atoms with Gasteiger partial charge in [-0.15, -0.1) is 0 Å². The third kappa shape index (κ3) is 3.63. The number of sulfonamides is 1. The summed E-state index contributed by atoms with van der Waals surface area (Å²) in [5.41, 5.74) is 1.81. The lowest BCUT2D eigenvalue weighted by atomic mass is 9.95. The van der Waals surface area contributed by atoms with Crippen molar-refractivity contribution in [2.75, 3.05) is 0 Å². The van der Waals surface area contributed by atoms with Gasteiger partial charge < -0.3 is 5.32 Å². The van der Waals surface area contributed by atoms with Gasteiger partial charge in [-0.05, 0) is 56.4 Å². The molecule has 1 N–H and O–H groups in total. The Balaban J connectivity index is 1.84. The van der Waals surface area contributed by atoms with Crippen molar-refractivity contribution in [3.63, 3.8) is 0 Å². The number of hydrogen-bond acceptors (Lipinski definition) is 4. The Hall–Kier alpha value is -1.89. The Labute approximate surface area is 155 Å². The minimum absolute atomic E-state index is 0.0614. The summed E-state index contributed by atoms with van der Waals surface area (Å²) in [5.74, 6) is -0.859. The maximum Gasteiger partial charge on any atom is 0.267 e. The van der Waals surface area contributed by atoms with Gasteiger partial charge in [-0.2, -0.15) is 0 Å². The van der Waals surface area contributed by atoms with Gasteiger partial charge in [0.05, 0.1) is 4.90 Å². The van der Waals surface area contributed by atoms with E-state index in [0.29, 0.717) is 0 Å². The van der Waals surface area contributed by atoms with Gasteiger partial charge in [0.25, 0.3) is 10.0 Å². The van der Waals surface area contributed by atoms with Crippen LogP contribution in [0.1, 0.15) is 56.1 Å². The van der Waals surface area contributed by atoms with Crippen LogP contribution >= 0.6 is 0 Å². The smallest absolute Gasteiger partial charge is 0.267 e. The highest BCUT2D eigenvalue weighted by Crippen LogP contribution is 2.29. The van der Waals surface area contributed by atoms with Crippen LogP contribution in [0.2, 0.25) is 0 Å². The zero-order chi connectivity index (χ0) is 18.9. The van der Waals surface area contributed by atoms with Crippen LogP contribution in [0.5, 0.6) is 0 Å². The van der Waals surface area contributed by atoms with E-state index in [-0.39, 0.29) is 29.7 Å². The zero-order valence-electron chi connectivity index (χ0n) is 15.3. The molecule has 7 heteroatoms. The average molecular weight is 378 g/mol. The van der Waals surface area contributed by atoms with Crippen LogP contribution in [-0.2, 0) is 19.6 Å². The molecule has 0 unspecified atom stereocenters. The summed E-state index contributed by atoms with van der Waals surface area (Å²) < 4.78 is 26.9. The van der Waals surface area contributed by atoms with Crippen molar-refractivity contribution in [3.8, 4) is 0 Å². The third-order valence-electron chi connectivity index (χ3n) is 5.45. The second-order valence-electron chi connectivity index (χ2n) is 7.34. The summed E-state index contributed by atoms with van der Waals surface area (Å²) in [7, 11) is -4.04. The highest BCUT2D eigenvalue weighted by atomic mass is 32.2. The van der Waals surface area contributed by atoms with Crippen molar-refractivity contribution in [1.82, 2.24) is 9.62 Å². The Morgan fingerprint density at radius 2 is 1.77 bits per heavy atom. The lowest BCUT2D eigenvalue weighted by Gasteiger charge is -2.28. The van der Waals surface area contributed by atoms with E-state index in [0.717, 1.165) is 41.1 Å². The van der Waals surface area contributed by atoms with Gasteiger partial charge in [0.1, 0.15) is 6.04 Å². The quantitative estimate of drug-likeness (QED) is 0.872. The molecule has 26 heavy (non-hydrogen) atoms. The van der Waals surface area contributed by atoms with Crippen LogP contribution < -0.4 is 5.32 Å². The Morgan fingerprint density at radius 1 is 1.08 bits per heavy atom. The minimum atomic E-state index is -4.04. The first kappa shape index (κ1) is 18.9. The molecule has 1 saturated heterocycles. The van der Waals surface area contributed by atoms with E-state index < -0.39 is 22.0 Å². The minimum Gasteiger partial charge on any atom is -0.352 e. The van der Waals surface area contributed by atoms with Crippen molar-refractivity contribution in [1.29, 1.82) is 0 Å². The molecule has 142 valence electrons. The fraction of sp³-hybridized carbons (Fsp3) is 0.579. The SMILES string of the molecule is Cc1ccc(S(=O)(=O)N2C(=O)CC[C@H]2C(=O)NC2CCCCC2)cc1C. The van der Waals surface area contributed by atoms with Gasteiger partial charge in [-0.1, -0.05) is 25.3 Å². The maximum atomic E-state index is 13.0. The first-order valence-electron chi connectivity index (χ1n) is 9.25. The summed E-state index contributed by atoms with van der Waals surface area (Å²) in [5, 5.41) is 2.96. The topological polar surface area (TPSA) is 83.6 Å². The molecule has 2 fully saturated rings. The zero-order valence-corrected chi connectivity index (χ0v) is 16.1. The largest absolute Gasteiger partial charge is 0.352 e. The first-order chi connectivity index (χ1) is 12.3. The second kappa shape index (κ2) is 7.39. The molecule has 3 rings (SSSR count). The van der Waals surface area contributed by atoms with Gasteiger partial charge in [-0.3, -0.25) is 9.59 Å². The van der Waals surface area contributed by atoms with Crippen molar-refractivity contribution in [2.45, 2.75) is 75.8 Å². The molecule has 1 aromatic carbocycles. The second-order valence-corrected chi connectivity index (χ2v) is 9.15. The van der Waals surface area contributed by atoms with Crippen LogP contribution in [0.4, 0.5) is 0 Å². The Kier molecular flexibility index (Phi) is 5.37. The Bertz CT molecular complexity index is 813. The molecule has 1 aromatic rings. The van der Waals surface area contributed by atoms with E-state index in [2.05, 4.69) is 5.32 Å². The van der Waals surface area contributed by atoms with Gasteiger partial charge in [0, 0.05) is 12.5 Å². The molecule has 0 radical (unpaired) electrons. The first-order valence-corrected chi connectivity index (χ1v) is 10.7. The van der Waals surface area contributed by atoms with E-state index in [1.54, 1.807) is 12.1 Å². The third-order valence-corrected chi connectivity index (χ3v) is 7.28. The number of rotatable bonds is 4. The van der Waals surface area contributed by atoms with Crippen LogP contribution in [-0.4, -0.2) is 36.6 Å². The molecular weight excluding hydrogens is 352 g/mol. The van der Waals surface area contributed by atoms with E-state index in [1.807, 2.05) is 13.8 Å². The number of benzene rings is 1. The summed E-state index contributed by atoms with van der Waals surface area (Å²) in [4.78, 5) is 25.1. The van der Waals surface area contributed by atoms with Crippen LogP contribution in [0.3, 0.4) is 0 Å². The fourth-order valence-corrected chi connectivity index (χ4v) is 5.42. The predicted octanol–water partition coefficient (Wildman–Crippen LogP) is 2.43. The number of carbonyl (C=O) groups is 2. The lowest BCUT2D eigenvalue weighted by molar-refractivity contribution is -0.131. The highest BCUT2D eigenvalue weighted by Gasteiger charge is 2.44. The molecular formula is C19H26N2O4S. The highest BCUT2D eigenvalue weighted by molar-refractivity contribution is 7.89. The molecule has 2 aliphatic rings. The molecule has 0 aromatic heterocycles. The monoisotopic (exact) mass is 378 g/mol. The molecule has 6 nitrogen and oxygen atoms in total. The molecule has 1 heterocycles. The normalized spacial score (nSPS) is 21.8. The van der Waals surface area contributed by atoms with E-state index in [1.165, 1.54) is 12.5 Å². The standard InChI is InChI=1S/C19H26N2O4S/c1-13-8-9-16(12-14(13)2)26(24,25)21-17(10-11-18(21)22)19(23)20-15-6-4-3-5-7-15/h8-9,12,15,17H,3-7,10-11H2,1-2H3,(H,20,23)/t17-/m0/s1. The summed E-state index contributed by atoms with van der Waals surface area (Å²) >= 11 is 0. The molecule has 0 spiro atoms. The summed E-state index contributed by atoms with van der Waals surface area (Å²) in [6, 6.07) is 3.92. The van der Waals surface area contributed by atoms with E-state index in [4.69, 9.17) is 0 Å². The molecule has 1 aliphatic heterocycles. The molecule has 1 atom stereocenters. The van der Waals surface area contributed by atoms with Gasteiger partial charge in [0.15, 0.2) is 0 Å². The van der Waals surface area contributed by atoms with E-state index in [9.17, 15) is 18.0 Å². The molecule has 0 bridgehead atoms. The fourth-order valence-electron chi connectivity index (χ4n) is 3.73. The predicted molar refractivity (Wildman–Crippen MR) is 98.0 cm³/mol.